The molecule has 0 spiro atoms. The van der Waals surface area contributed by atoms with Gasteiger partial charge >= 0.3 is 0 Å². The van der Waals surface area contributed by atoms with Gasteiger partial charge in [-0.3, -0.25) is 9.59 Å². The normalized spacial score (nSPS) is 11.3. The van der Waals surface area contributed by atoms with Crippen molar-refractivity contribution in [1.82, 2.24) is 9.97 Å². The Kier molecular flexibility index (Phi) is 10.7. The molecular weight excluding hydrogens is 609 g/mol. The third kappa shape index (κ3) is 8.31. The molecule has 0 fully saturated rings. The Morgan fingerprint density at radius 2 is 1.42 bits per heavy atom. The van der Waals surface area contributed by atoms with Crippen LogP contribution in [-0.4, -0.2) is 35.5 Å². The molecule has 2 amide bonds. The molecule has 3 N–H and O–H groups in total. The Labute approximate surface area is 261 Å². The smallest absolute Gasteiger partial charge is 0.257 e. The van der Waals surface area contributed by atoms with Gasteiger partial charge in [0.2, 0.25) is 5.95 Å². The lowest BCUT2D eigenvalue weighted by atomic mass is 10.1. The lowest BCUT2D eigenvalue weighted by molar-refractivity contribution is 0.101. The van der Waals surface area contributed by atoms with E-state index in [9.17, 15) is 18.0 Å². The molecule has 4 rings (SSSR count). The van der Waals surface area contributed by atoms with Crippen LogP contribution in [-0.2, 0) is 9.84 Å². The van der Waals surface area contributed by atoms with E-state index < -0.39 is 21.0 Å². The summed E-state index contributed by atoms with van der Waals surface area (Å²) in [6.07, 6.45) is 5.71. The van der Waals surface area contributed by atoms with E-state index in [4.69, 9.17) is 23.2 Å². The highest BCUT2D eigenvalue weighted by atomic mass is 35.5. The fourth-order valence-corrected chi connectivity index (χ4v) is 6.80. The number of aromatic nitrogens is 2. The largest absolute Gasteiger partial charge is 0.324 e. The number of nitrogens with one attached hydrogen (secondary N) is 3. The van der Waals surface area contributed by atoms with Gasteiger partial charge in [0.1, 0.15) is 0 Å². The van der Waals surface area contributed by atoms with Crippen LogP contribution >= 0.6 is 23.2 Å². The van der Waals surface area contributed by atoms with Gasteiger partial charge in [-0.25, -0.2) is 18.4 Å². The number of anilines is 4. The zero-order valence-corrected chi connectivity index (χ0v) is 25.9. The molecular formula is C31H31Cl2N5O4S. The van der Waals surface area contributed by atoms with Gasteiger partial charge < -0.3 is 16.0 Å². The molecule has 0 radical (unpaired) electrons. The molecule has 43 heavy (non-hydrogen) atoms. The number of hydrogen-bond donors (Lipinski definition) is 3. The first-order chi connectivity index (χ1) is 20.6. The maximum atomic E-state index is 13.1. The summed E-state index contributed by atoms with van der Waals surface area (Å²) in [7, 11) is -3.42. The summed E-state index contributed by atoms with van der Waals surface area (Å²) in [5, 5.41) is 8.68. The van der Waals surface area contributed by atoms with Gasteiger partial charge in [-0.1, -0.05) is 56.0 Å². The maximum Gasteiger partial charge on any atom is 0.257 e. The van der Waals surface area contributed by atoms with Crippen molar-refractivity contribution < 1.29 is 18.0 Å². The number of carbonyl (C=O) groups is 2. The molecule has 1 heterocycles. The molecule has 224 valence electrons. The lowest BCUT2D eigenvalue weighted by Gasteiger charge is -2.16. The second kappa shape index (κ2) is 14.5. The second-order valence-corrected chi connectivity index (χ2v) is 12.9. The number of sulfone groups is 1. The van der Waals surface area contributed by atoms with E-state index in [0.29, 0.717) is 40.5 Å². The quantitative estimate of drug-likeness (QED) is 0.144. The van der Waals surface area contributed by atoms with Gasteiger partial charge in [0.15, 0.2) is 9.84 Å². The van der Waals surface area contributed by atoms with Crippen LogP contribution in [0.15, 0.2) is 84.0 Å². The number of rotatable bonds is 12. The number of halogens is 2. The highest BCUT2D eigenvalue weighted by Crippen LogP contribution is 2.26. The number of amides is 2. The van der Waals surface area contributed by atoms with Gasteiger partial charge in [-0.2, -0.15) is 0 Å². The van der Waals surface area contributed by atoms with E-state index in [1.54, 1.807) is 48.5 Å². The first-order valence-corrected chi connectivity index (χ1v) is 16.0. The summed E-state index contributed by atoms with van der Waals surface area (Å²) in [4.78, 5) is 34.3. The Morgan fingerprint density at radius 1 is 0.791 bits per heavy atom. The molecule has 0 aliphatic heterocycles. The van der Waals surface area contributed by atoms with Crippen molar-refractivity contribution in [2.75, 3.05) is 16.0 Å². The van der Waals surface area contributed by atoms with Crippen LogP contribution in [0.25, 0.3) is 0 Å². The molecule has 0 atom stereocenters. The molecule has 12 heteroatoms. The minimum absolute atomic E-state index is 0.142. The molecule has 0 aliphatic carbocycles. The Bertz CT molecular complexity index is 1690. The molecule has 0 saturated heterocycles. The van der Waals surface area contributed by atoms with Gasteiger partial charge in [0.05, 0.1) is 38.8 Å². The van der Waals surface area contributed by atoms with E-state index in [1.807, 2.05) is 13.8 Å². The predicted octanol–water partition coefficient (Wildman–Crippen LogP) is 7.77. The standard InChI is InChI=1S/C31H31Cl2N5O4S/c1-3-6-25(7-4-2)43(41,42)26-13-10-22(11-14-26)38-31-34-18-24(19-35-31)37-30(40)27-17-23(12-15-28(27)33)36-29(39)20-8-5-9-21(32)16-20/h5,8-19,25H,3-4,6-7H2,1-2H3,(H,36,39)(H,37,40)(H,34,35,38). The Balaban J connectivity index is 1.39. The van der Waals surface area contributed by atoms with E-state index in [-0.39, 0.29) is 27.3 Å². The highest BCUT2D eigenvalue weighted by Gasteiger charge is 2.26. The molecule has 0 unspecified atom stereocenters. The van der Waals surface area contributed by atoms with Gasteiger partial charge in [-0.15, -0.1) is 0 Å². The lowest BCUT2D eigenvalue weighted by Crippen LogP contribution is -2.21. The summed E-state index contributed by atoms with van der Waals surface area (Å²) in [5.74, 6) is -0.650. The van der Waals surface area contributed by atoms with Crippen LogP contribution < -0.4 is 16.0 Å². The average molecular weight is 641 g/mol. The van der Waals surface area contributed by atoms with E-state index >= 15 is 0 Å². The third-order valence-corrected chi connectivity index (χ3v) is 9.41. The highest BCUT2D eigenvalue weighted by molar-refractivity contribution is 7.92. The first-order valence-electron chi connectivity index (χ1n) is 13.7. The molecule has 1 aromatic heterocycles. The SMILES string of the molecule is CCCC(CCC)S(=O)(=O)c1ccc(Nc2ncc(NC(=O)c3cc(NC(=O)c4cccc(Cl)c4)ccc3Cl)cn2)cc1. The molecule has 0 aliphatic rings. The van der Waals surface area contributed by atoms with Crippen molar-refractivity contribution in [2.24, 2.45) is 0 Å². The number of hydrogen-bond acceptors (Lipinski definition) is 7. The van der Waals surface area contributed by atoms with Gasteiger partial charge in [0, 0.05) is 22.0 Å². The van der Waals surface area contributed by atoms with Crippen LogP contribution in [0, 0.1) is 0 Å². The van der Waals surface area contributed by atoms with Crippen LogP contribution in [0.4, 0.5) is 23.0 Å². The Hall–Kier alpha value is -3.99. The molecule has 0 bridgehead atoms. The van der Waals surface area contributed by atoms with Crippen LogP contribution in [0.5, 0.6) is 0 Å². The Morgan fingerprint density at radius 3 is 2.05 bits per heavy atom. The average Bonchev–Trinajstić information content (AvgIpc) is 2.99. The summed E-state index contributed by atoms with van der Waals surface area (Å²) >= 11 is 12.2. The number of carbonyl (C=O) groups excluding carboxylic acids is 2. The van der Waals surface area contributed by atoms with Crippen LogP contribution in [0.1, 0.15) is 60.2 Å². The van der Waals surface area contributed by atoms with E-state index in [0.717, 1.165) is 12.8 Å². The fourth-order valence-electron chi connectivity index (χ4n) is 4.41. The molecule has 0 saturated carbocycles. The number of benzene rings is 3. The van der Waals surface area contributed by atoms with Crippen molar-refractivity contribution in [1.29, 1.82) is 0 Å². The van der Waals surface area contributed by atoms with E-state index in [2.05, 4.69) is 25.9 Å². The predicted molar refractivity (Wildman–Crippen MR) is 171 cm³/mol. The summed E-state index contributed by atoms with van der Waals surface area (Å²) in [5.41, 5.74) is 1.82. The minimum atomic E-state index is -3.42. The van der Waals surface area contributed by atoms with Crippen molar-refractivity contribution in [3.63, 3.8) is 0 Å². The molecule has 9 nitrogen and oxygen atoms in total. The number of nitrogens with zero attached hydrogens (tertiary/aromatic N) is 2. The zero-order valence-electron chi connectivity index (χ0n) is 23.6. The summed E-state index contributed by atoms with van der Waals surface area (Å²) in [6.45, 7) is 3.97. The second-order valence-electron chi connectivity index (χ2n) is 9.80. The zero-order chi connectivity index (χ0) is 31.0. The minimum Gasteiger partial charge on any atom is -0.324 e. The monoisotopic (exact) mass is 639 g/mol. The fraction of sp³-hybridized carbons (Fsp3) is 0.226. The first kappa shape index (κ1) is 31.9. The van der Waals surface area contributed by atoms with Gasteiger partial charge in [-0.05, 0) is 73.5 Å². The van der Waals surface area contributed by atoms with Crippen molar-refractivity contribution >= 4 is 67.9 Å². The van der Waals surface area contributed by atoms with E-state index in [1.165, 1.54) is 30.6 Å². The van der Waals surface area contributed by atoms with Crippen LogP contribution in [0.3, 0.4) is 0 Å². The van der Waals surface area contributed by atoms with Crippen LogP contribution in [0.2, 0.25) is 10.0 Å². The van der Waals surface area contributed by atoms with Gasteiger partial charge in [0.25, 0.3) is 11.8 Å². The molecule has 4 aromatic rings. The van der Waals surface area contributed by atoms with Crippen molar-refractivity contribution in [3.05, 3.63) is 100 Å². The van der Waals surface area contributed by atoms with Crippen molar-refractivity contribution in [2.45, 2.75) is 49.7 Å². The summed E-state index contributed by atoms with van der Waals surface area (Å²) < 4.78 is 26.1. The maximum absolute atomic E-state index is 13.1. The third-order valence-electron chi connectivity index (χ3n) is 6.56. The summed E-state index contributed by atoms with van der Waals surface area (Å²) in [6, 6.07) is 17.6. The topological polar surface area (TPSA) is 130 Å². The van der Waals surface area contributed by atoms with Crippen molar-refractivity contribution in [3.8, 4) is 0 Å². The molecule has 3 aromatic carbocycles.